The minimum Gasteiger partial charge on any atom is -0.493 e. The summed E-state index contributed by atoms with van der Waals surface area (Å²) in [6.45, 7) is 3.01. The van der Waals surface area contributed by atoms with Gasteiger partial charge in [-0.15, -0.1) is 0 Å². The van der Waals surface area contributed by atoms with Crippen molar-refractivity contribution in [3.63, 3.8) is 0 Å². The van der Waals surface area contributed by atoms with Gasteiger partial charge in [0, 0.05) is 24.6 Å². The lowest BCUT2D eigenvalue weighted by Crippen LogP contribution is -2.26. The third-order valence-corrected chi connectivity index (χ3v) is 3.95. The molecule has 1 atom stereocenters. The summed E-state index contributed by atoms with van der Waals surface area (Å²) in [5.41, 5.74) is 2.67. The van der Waals surface area contributed by atoms with Crippen LogP contribution in [0, 0.1) is 0 Å². The first kappa shape index (κ1) is 15.6. The average molecular weight is 316 g/mol. The lowest BCUT2D eigenvalue weighted by Gasteiger charge is -2.07. The zero-order chi connectivity index (χ0) is 16.2. The molecule has 1 amide bonds. The SMILES string of the molecule is CCC(O)CCNC(=O)c1cc(-c2ccc3c(c2)CCO3)no1. The van der Waals surface area contributed by atoms with Crippen molar-refractivity contribution >= 4 is 5.91 Å². The highest BCUT2D eigenvalue weighted by molar-refractivity contribution is 5.92. The number of fused-ring (bicyclic) bond motifs is 1. The number of carbonyl (C=O) groups excluding carboxylic acids is 1. The van der Waals surface area contributed by atoms with Gasteiger partial charge >= 0.3 is 0 Å². The van der Waals surface area contributed by atoms with Crippen LogP contribution in [0.1, 0.15) is 35.9 Å². The standard InChI is InChI=1S/C17H20N2O4/c1-2-13(20)5-7-18-17(21)16-10-14(19-23-16)11-3-4-15-12(9-11)6-8-22-15/h3-4,9-10,13,20H,2,5-8H2,1H3,(H,18,21). The molecule has 0 aliphatic carbocycles. The molecule has 1 aromatic carbocycles. The molecule has 2 N–H and O–H groups in total. The number of aromatic nitrogens is 1. The Bertz CT molecular complexity index is 696. The van der Waals surface area contributed by atoms with Crippen molar-refractivity contribution in [1.29, 1.82) is 0 Å². The fourth-order valence-corrected chi connectivity index (χ4v) is 2.51. The number of aliphatic hydroxyl groups is 1. The van der Waals surface area contributed by atoms with Crippen molar-refractivity contribution in [2.24, 2.45) is 0 Å². The van der Waals surface area contributed by atoms with Gasteiger partial charge in [0.15, 0.2) is 0 Å². The number of ether oxygens (including phenoxy) is 1. The van der Waals surface area contributed by atoms with Gasteiger partial charge in [-0.1, -0.05) is 12.1 Å². The molecule has 0 spiro atoms. The maximum absolute atomic E-state index is 12.0. The average Bonchev–Trinajstić information content (AvgIpc) is 3.22. The Hall–Kier alpha value is -2.34. The van der Waals surface area contributed by atoms with Crippen LogP contribution in [-0.2, 0) is 6.42 Å². The molecule has 3 rings (SSSR count). The van der Waals surface area contributed by atoms with Crippen LogP contribution < -0.4 is 10.1 Å². The zero-order valence-corrected chi connectivity index (χ0v) is 13.0. The van der Waals surface area contributed by atoms with E-state index in [1.807, 2.05) is 25.1 Å². The highest BCUT2D eigenvalue weighted by Gasteiger charge is 2.17. The highest BCUT2D eigenvalue weighted by Crippen LogP contribution is 2.30. The summed E-state index contributed by atoms with van der Waals surface area (Å²) in [4.78, 5) is 12.0. The number of benzene rings is 1. The predicted molar refractivity (Wildman–Crippen MR) is 84.4 cm³/mol. The summed E-state index contributed by atoms with van der Waals surface area (Å²) in [5.74, 6) is 0.754. The van der Waals surface area contributed by atoms with E-state index < -0.39 is 6.10 Å². The van der Waals surface area contributed by atoms with E-state index in [4.69, 9.17) is 9.26 Å². The van der Waals surface area contributed by atoms with Crippen LogP contribution in [0.5, 0.6) is 5.75 Å². The minimum atomic E-state index is -0.394. The molecule has 0 fully saturated rings. The maximum atomic E-state index is 12.0. The summed E-state index contributed by atoms with van der Waals surface area (Å²) in [6.07, 6.45) is 1.68. The monoisotopic (exact) mass is 316 g/mol. The normalized spacial score (nSPS) is 14.2. The summed E-state index contributed by atoms with van der Waals surface area (Å²) in [6, 6.07) is 7.46. The van der Waals surface area contributed by atoms with Crippen molar-refractivity contribution < 1.29 is 19.2 Å². The van der Waals surface area contributed by atoms with Gasteiger partial charge in [-0.3, -0.25) is 4.79 Å². The van der Waals surface area contributed by atoms with Gasteiger partial charge in [-0.2, -0.15) is 0 Å². The molecule has 1 aliphatic heterocycles. The molecule has 2 heterocycles. The van der Waals surface area contributed by atoms with E-state index in [9.17, 15) is 9.90 Å². The van der Waals surface area contributed by atoms with E-state index in [2.05, 4.69) is 10.5 Å². The van der Waals surface area contributed by atoms with Gasteiger partial charge in [0.2, 0.25) is 5.76 Å². The van der Waals surface area contributed by atoms with Gasteiger partial charge in [0.1, 0.15) is 11.4 Å². The number of aliphatic hydroxyl groups excluding tert-OH is 1. The lowest BCUT2D eigenvalue weighted by molar-refractivity contribution is 0.0905. The van der Waals surface area contributed by atoms with E-state index in [1.54, 1.807) is 6.07 Å². The quantitative estimate of drug-likeness (QED) is 0.853. The number of nitrogens with one attached hydrogen (secondary N) is 1. The molecule has 0 saturated heterocycles. The van der Waals surface area contributed by atoms with Crippen LogP contribution in [0.3, 0.4) is 0 Å². The van der Waals surface area contributed by atoms with E-state index in [-0.39, 0.29) is 11.7 Å². The molecule has 0 radical (unpaired) electrons. The van der Waals surface area contributed by atoms with Crippen molar-refractivity contribution in [3.05, 3.63) is 35.6 Å². The molecule has 0 saturated carbocycles. The maximum Gasteiger partial charge on any atom is 0.289 e. The largest absolute Gasteiger partial charge is 0.493 e. The Balaban J connectivity index is 1.64. The van der Waals surface area contributed by atoms with E-state index >= 15 is 0 Å². The topological polar surface area (TPSA) is 84.6 Å². The summed E-state index contributed by atoms with van der Waals surface area (Å²) >= 11 is 0. The molecule has 1 aromatic heterocycles. The number of carbonyl (C=O) groups is 1. The van der Waals surface area contributed by atoms with Crippen molar-refractivity contribution in [2.75, 3.05) is 13.2 Å². The fourth-order valence-electron chi connectivity index (χ4n) is 2.51. The molecule has 2 aromatic rings. The molecular weight excluding hydrogens is 296 g/mol. The van der Waals surface area contributed by atoms with Crippen LogP contribution in [-0.4, -0.2) is 35.4 Å². The number of hydrogen-bond acceptors (Lipinski definition) is 5. The first-order valence-electron chi connectivity index (χ1n) is 7.86. The fraction of sp³-hybridized carbons (Fsp3) is 0.412. The van der Waals surface area contributed by atoms with E-state index in [0.29, 0.717) is 31.7 Å². The highest BCUT2D eigenvalue weighted by atomic mass is 16.5. The predicted octanol–water partition coefficient (Wildman–Crippen LogP) is 2.17. The Labute approximate surface area is 134 Å². The zero-order valence-electron chi connectivity index (χ0n) is 13.0. The van der Waals surface area contributed by atoms with Crippen LogP contribution in [0.4, 0.5) is 0 Å². The molecular formula is C17H20N2O4. The van der Waals surface area contributed by atoms with Crippen molar-refractivity contribution in [1.82, 2.24) is 10.5 Å². The molecule has 6 nitrogen and oxygen atoms in total. The van der Waals surface area contributed by atoms with Gasteiger partial charge in [0.05, 0.1) is 12.7 Å². The van der Waals surface area contributed by atoms with Crippen LogP contribution in [0.15, 0.2) is 28.8 Å². The minimum absolute atomic E-state index is 0.169. The molecule has 1 unspecified atom stereocenters. The Kier molecular flexibility index (Phi) is 4.62. The van der Waals surface area contributed by atoms with Crippen LogP contribution in [0.25, 0.3) is 11.3 Å². The first-order valence-corrected chi connectivity index (χ1v) is 7.86. The second-order valence-corrected chi connectivity index (χ2v) is 5.60. The third-order valence-electron chi connectivity index (χ3n) is 3.95. The Morgan fingerprint density at radius 1 is 1.43 bits per heavy atom. The number of amides is 1. The summed E-state index contributed by atoms with van der Waals surface area (Å²) in [5, 5.41) is 16.2. The summed E-state index contributed by atoms with van der Waals surface area (Å²) in [7, 11) is 0. The van der Waals surface area contributed by atoms with E-state index in [0.717, 1.165) is 23.3 Å². The molecule has 0 bridgehead atoms. The Morgan fingerprint density at radius 3 is 3.13 bits per heavy atom. The van der Waals surface area contributed by atoms with Gasteiger partial charge in [-0.05, 0) is 36.6 Å². The smallest absolute Gasteiger partial charge is 0.289 e. The second-order valence-electron chi connectivity index (χ2n) is 5.60. The second kappa shape index (κ2) is 6.83. The third kappa shape index (κ3) is 3.53. The Morgan fingerprint density at radius 2 is 2.30 bits per heavy atom. The lowest BCUT2D eigenvalue weighted by atomic mass is 10.1. The van der Waals surface area contributed by atoms with Crippen LogP contribution >= 0.6 is 0 Å². The van der Waals surface area contributed by atoms with Gasteiger partial charge in [-0.25, -0.2) is 0 Å². The van der Waals surface area contributed by atoms with Gasteiger partial charge < -0.3 is 19.7 Å². The summed E-state index contributed by atoms with van der Waals surface area (Å²) < 4.78 is 10.6. The van der Waals surface area contributed by atoms with Crippen molar-refractivity contribution in [3.8, 4) is 17.0 Å². The number of hydrogen-bond donors (Lipinski definition) is 2. The van der Waals surface area contributed by atoms with E-state index in [1.165, 1.54) is 0 Å². The molecule has 6 heteroatoms. The first-order chi connectivity index (χ1) is 11.2. The number of nitrogens with zero attached hydrogens (tertiary/aromatic N) is 1. The van der Waals surface area contributed by atoms with Crippen molar-refractivity contribution in [2.45, 2.75) is 32.3 Å². The van der Waals surface area contributed by atoms with Gasteiger partial charge in [0.25, 0.3) is 5.91 Å². The molecule has 23 heavy (non-hydrogen) atoms. The molecule has 122 valence electrons. The molecule has 1 aliphatic rings. The van der Waals surface area contributed by atoms with Crippen LogP contribution in [0.2, 0.25) is 0 Å². The number of rotatable bonds is 6.